The average molecular weight is 317 g/mol. The lowest BCUT2D eigenvalue weighted by Gasteiger charge is -2.14. The first kappa shape index (κ1) is 12.0. The number of carbonyl (C=O) groups is 1. The summed E-state index contributed by atoms with van der Waals surface area (Å²) in [6.45, 7) is 5.42. The van der Waals surface area contributed by atoms with Crippen LogP contribution in [0.1, 0.15) is 5.56 Å². The van der Waals surface area contributed by atoms with E-state index in [4.69, 9.17) is 5.11 Å². The van der Waals surface area contributed by atoms with Gasteiger partial charge in [0, 0.05) is 9.26 Å². The van der Waals surface area contributed by atoms with Gasteiger partial charge in [-0.25, -0.2) is 4.79 Å². The van der Waals surface area contributed by atoms with Crippen molar-refractivity contribution >= 4 is 34.2 Å². The Labute approximate surface area is 102 Å². The molecule has 0 aliphatic rings. The predicted octanol–water partition coefficient (Wildman–Crippen LogP) is 2.65. The lowest BCUT2D eigenvalue weighted by molar-refractivity contribution is -0.136. The Balaban J connectivity index is 2.92. The molecular formula is C11H12INO2. The van der Waals surface area contributed by atoms with Gasteiger partial charge in [0.15, 0.2) is 0 Å². The van der Waals surface area contributed by atoms with Crippen LogP contribution in [0.25, 0.3) is 0 Å². The van der Waals surface area contributed by atoms with Gasteiger partial charge in [-0.05, 0) is 47.2 Å². The second kappa shape index (κ2) is 5.16. The highest BCUT2D eigenvalue weighted by Gasteiger charge is 2.13. The minimum absolute atomic E-state index is 0.748. The number of rotatable bonds is 4. The molecule has 0 heterocycles. The molecule has 0 spiro atoms. The zero-order valence-electron chi connectivity index (χ0n) is 8.33. The summed E-state index contributed by atoms with van der Waals surface area (Å²) in [5.74, 6) is -0.928. The summed E-state index contributed by atoms with van der Waals surface area (Å²) in [6, 6.07) is 5.09. The molecule has 1 aromatic rings. The van der Waals surface area contributed by atoms with Gasteiger partial charge < -0.3 is 10.4 Å². The van der Waals surface area contributed by atoms with Crippen molar-refractivity contribution in [3.63, 3.8) is 0 Å². The molecule has 80 valence electrons. The summed E-state index contributed by atoms with van der Waals surface area (Å²) in [5, 5.41) is 11.8. The van der Waals surface area contributed by atoms with E-state index in [1.807, 2.05) is 25.1 Å². The van der Waals surface area contributed by atoms with Gasteiger partial charge in [0.05, 0.1) is 0 Å². The maximum absolute atomic E-state index is 10.8. The summed E-state index contributed by atoms with van der Waals surface area (Å²) in [4.78, 5) is 10.8. The molecule has 15 heavy (non-hydrogen) atoms. The number of halogens is 1. The van der Waals surface area contributed by atoms with Crippen LogP contribution in [0.2, 0.25) is 0 Å². The standard InChI is InChI=1S/C11H12INO2/c1-3-9(11(14)15)13-10-6-8(12)5-4-7(10)2/h3-6,9,13H,1H2,2H3,(H,14,15). The molecule has 0 aliphatic carbocycles. The first-order valence-corrected chi connectivity index (χ1v) is 5.50. The molecule has 0 radical (unpaired) electrons. The van der Waals surface area contributed by atoms with Gasteiger partial charge >= 0.3 is 5.97 Å². The third-order valence-electron chi connectivity index (χ3n) is 2.01. The van der Waals surface area contributed by atoms with E-state index in [0.29, 0.717) is 0 Å². The molecule has 1 atom stereocenters. The fourth-order valence-corrected chi connectivity index (χ4v) is 1.63. The van der Waals surface area contributed by atoms with Crippen LogP contribution in [0.3, 0.4) is 0 Å². The molecule has 0 aromatic heterocycles. The Morgan fingerprint density at radius 1 is 1.67 bits per heavy atom. The monoisotopic (exact) mass is 317 g/mol. The van der Waals surface area contributed by atoms with E-state index in [9.17, 15) is 4.79 Å². The number of hydrogen-bond acceptors (Lipinski definition) is 2. The third kappa shape index (κ3) is 3.23. The highest BCUT2D eigenvalue weighted by atomic mass is 127. The van der Waals surface area contributed by atoms with Gasteiger partial charge in [0.1, 0.15) is 6.04 Å². The second-order valence-corrected chi connectivity index (χ2v) is 4.40. The highest BCUT2D eigenvalue weighted by molar-refractivity contribution is 14.1. The van der Waals surface area contributed by atoms with Crippen LogP contribution in [-0.2, 0) is 4.79 Å². The lowest BCUT2D eigenvalue weighted by Crippen LogP contribution is -2.26. The Hall–Kier alpha value is -1.04. The molecule has 0 fully saturated rings. The van der Waals surface area contributed by atoms with E-state index < -0.39 is 12.0 Å². The summed E-state index contributed by atoms with van der Waals surface area (Å²) >= 11 is 2.19. The number of benzene rings is 1. The summed E-state index contributed by atoms with van der Waals surface area (Å²) in [5.41, 5.74) is 1.85. The molecule has 1 unspecified atom stereocenters. The van der Waals surface area contributed by atoms with Crippen LogP contribution in [-0.4, -0.2) is 17.1 Å². The molecule has 0 amide bonds. The maximum atomic E-state index is 10.8. The van der Waals surface area contributed by atoms with Crippen LogP contribution in [0.5, 0.6) is 0 Å². The first-order chi connectivity index (χ1) is 7.04. The van der Waals surface area contributed by atoms with Crippen LogP contribution < -0.4 is 5.32 Å². The number of aryl methyl sites for hydroxylation is 1. The SMILES string of the molecule is C=CC(Nc1cc(I)ccc1C)C(=O)O. The normalized spacial score (nSPS) is 11.9. The third-order valence-corrected chi connectivity index (χ3v) is 2.68. The van der Waals surface area contributed by atoms with E-state index in [0.717, 1.165) is 14.8 Å². The highest BCUT2D eigenvalue weighted by Crippen LogP contribution is 2.19. The molecule has 1 rings (SSSR count). The van der Waals surface area contributed by atoms with Gasteiger partial charge in [-0.1, -0.05) is 12.1 Å². The minimum atomic E-state index is -0.928. The Morgan fingerprint density at radius 2 is 2.33 bits per heavy atom. The van der Waals surface area contributed by atoms with Gasteiger partial charge in [-0.3, -0.25) is 0 Å². The van der Waals surface area contributed by atoms with E-state index in [-0.39, 0.29) is 0 Å². The Morgan fingerprint density at radius 3 is 2.87 bits per heavy atom. The number of aliphatic carboxylic acids is 1. The fourth-order valence-electron chi connectivity index (χ4n) is 1.14. The predicted molar refractivity (Wildman–Crippen MR) is 69.1 cm³/mol. The average Bonchev–Trinajstić information content (AvgIpc) is 2.18. The Kier molecular flexibility index (Phi) is 4.14. The largest absolute Gasteiger partial charge is 0.479 e. The number of carboxylic acid groups (broad SMARTS) is 1. The summed E-state index contributed by atoms with van der Waals surface area (Å²) < 4.78 is 1.06. The van der Waals surface area contributed by atoms with Gasteiger partial charge in [0.2, 0.25) is 0 Å². The number of nitrogens with one attached hydrogen (secondary N) is 1. The fraction of sp³-hybridized carbons (Fsp3) is 0.182. The van der Waals surface area contributed by atoms with E-state index >= 15 is 0 Å². The molecule has 3 nitrogen and oxygen atoms in total. The number of carboxylic acids is 1. The lowest BCUT2D eigenvalue weighted by atomic mass is 10.2. The zero-order chi connectivity index (χ0) is 11.4. The van der Waals surface area contributed by atoms with Crippen molar-refractivity contribution < 1.29 is 9.90 Å². The van der Waals surface area contributed by atoms with E-state index in [1.54, 1.807) is 0 Å². The van der Waals surface area contributed by atoms with Crippen molar-refractivity contribution in [2.45, 2.75) is 13.0 Å². The molecule has 4 heteroatoms. The number of anilines is 1. The van der Waals surface area contributed by atoms with E-state index in [1.165, 1.54) is 6.08 Å². The van der Waals surface area contributed by atoms with Crippen molar-refractivity contribution in [3.8, 4) is 0 Å². The van der Waals surface area contributed by atoms with E-state index in [2.05, 4.69) is 34.5 Å². The second-order valence-electron chi connectivity index (χ2n) is 3.16. The quantitative estimate of drug-likeness (QED) is 0.663. The first-order valence-electron chi connectivity index (χ1n) is 4.42. The van der Waals surface area contributed by atoms with Gasteiger partial charge in [0.25, 0.3) is 0 Å². The smallest absolute Gasteiger partial charge is 0.330 e. The topological polar surface area (TPSA) is 49.3 Å². The van der Waals surface area contributed by atoms with Crippen molar-refractivity contribution in [3.05, 3.63) is 40.0 Å². The van der Waals surface area contributed by atoms with Crippen molar-refractivity contribution in [1.82, 2.24) is 0 Å². The maximum Gasteiger partial charge on any atom is 0.330 e. The van der Waals surface area contributed by atoms with Crippen LogP contribution in [0.15, 0.2) is 30.9 Å². The Bertz CT molecular complexity index is 390. The van der Waals surface area contributed by atoms with Crippen molar-refractivity contribution in [2.24, 2.45) is 0 Å². The molecule has 0 saturated heterocycles. The van der Waals surface area contributed by atoms with Gasteiger partial charge in [-0.2, -0.15) is 0 Å². The molecule has 0 saturated carbocycles. The van der Waals surface area contributed by atoms with Crippen LogP contribution >= 0.6 is 22.6 Å². The molecule has 0 aliphatic heterocycles. The van der Waals surface area contributed by atoms with Crippen molar-refractivity contribution in [1.29, 1.82) is 0 Å². The zero-order valence-corrected chi connectivity index (χ0v) is 10.5. The minimum Gasteiger partial charge on any atom is -0.479 e. The molecule has 0 bridgehead atoms. The summed E-state index contributed by atoms with van der Waals surface area (Å²) in [7, 11) is 0. The molecular weight excluding hydrogens is 305 g/mol. The van der Waals surface area contributed by atoms with Crippen molar-refractivity contribution in [2.75, 3.05) is 5.32 Å². The van der Waals surface area contributed by atoms with Gasteiger partial charge in [-0.15, -0.1) is 6.58 Å². The molecule has 1 aromatic carbocycles. The molecule has 2 N–H and O–H groups in total. The van der Waals surface area contributed by atoms with Crippen LogP contribution in [0, 0.1) is 10.5 Å². The summed E-state index contributed by atoms with van der Waals surface area (Å²) in [6.07, 6.45) is 1.38. The number of hydrogen-bond donors (Lipinski definition) is 2. The van der Waals surface area contributed by atoms with Crippen LogP contribution in [0.4, 0.5) is 5.69 Å².